The highest BCUT2D eigenvalue weighted by atomic mass is 16.3. The molecule has 1 atom stereocenters. The fourth-order valence-electron chi connectivity index (χ4n) is 1.47. The highest BCUT2D eigenvalue weighted by molar-refractivity contribution is 5.84. The van der Waals surface area contributed by atoms with Gasteiger partial charge in [0.15, 0.2) is 0 Å². The van der Waals surface area contributed by atoms with E-state index >= 15 is 0 Å². The molecule has 1 heterocycles. The molecule has 0 aromatic heterocycles. The first-order valence-corrected chi connectivity index (χ1v) is 5.76. The molecule has 1 aliphatic heterocycles. The van der Waals surface area contributed by atoms with Crippen molar-refractivity contribution in [2.45, 2.75) is 45.7 Å². The number of hydrazone groups is 1. The number of nitrogens with one attached hydrogen (secondary N) is 2. The molecule has 1 aliphatic rings. The van der Waals surface area contributed by atoms with Crippen molar-refractivity contribution in [1.29, 1.82) is 0 Å². The number of rotatable bonds is 6. The summed E-state index contributed by atoms with van der Waals surface area (Å²) in [4.78, 5) is 3.67. The maximum Gasteiger partial charge on any atom is 0.212 e. The summed E-state index contributed by atoms with van der Waals surface area (Å²) in [5.41, 5.74) is 4.14. The van der Waals surface area contributed by atoms with Crippen molar-refractivity contribution in [2.75, 3.05) is 0 Å². The molecule has 5 nitrogen and oxygen atoms in total. The minimum absolute atomic E-state index is 0.0129. The smallest absolute Gasteiger partial charge is 0.212 e. The minimum atomic E-state index is -0.179. The fraction of sp³-hybridized carbons (Fsp3) is 0.636. The predicted molar refractivity (Wildman–Crippen MR) is 66.5 cm³/mol. The Morgan fingerprint density at radius 3 is 2.75 bits per heavy atom. The standard InChI is InChI=1S/C11H20N4O/c1-3-5-9(6-4-2)14-15-10-7-11(16)13-8-12-10/h7-8,10,15-16H,3-6H2,1-2H3,(H,12,13). The van der Waals surface area contributed by atoms with Gasteiger partial charge in [0.2, 0.25) is 5.88 Å². The molecule has 0 radical (unpaired) electrons. The molecule has 0 spiro atoms. The Balaban J connectivity index is 2.46. The molecule has 0 saturated heterocycles. The third kappa shape index (κ3) is 4.33. The summed E-state index contributed by atoms with van der Waals surface area (Å²) in [7, 11) is 0. The SMILES string of the molecule is CCCC(CCC)=NNC1C=C(O)N=CN1. The van der Waals surface area contributed by atoms with E-state index in [1.807, 2.05) is 0 Å². The van der Waals surface area contributed by atoms with Crippen molar-refractivity contribution in [2.24, 2.45) is 10.1 Å². The third-order valence-corrected chi connectivity index (χ3v) is 2.21. The van der Waals surface area contributed by atoms with Gasteiger partial charge in [0.05, 0.1) is 6.34 Å². The average molecular weight is 224 g/mol. The third-order valence-electron chi connectivity index (χ3n) is 2.21. The molecule has 90 valence electrons. The number of aliphatic hydroxyl groups is 1. The van der Waals surface area contributed by atoms with E-state index in [1.165, 1.54) is 12.1 Å². The van der Waals surface area contributed by atoms with Gasteiger partial charge >= 0.3 is 0 Å². The van der Waals surface area contributed by atoms with Gasteiger partial charge in [-0.05, 0) is 12.8 Å². The van der Waals surface area contributed by atoms with E-state index in [1.54, 1.807) is 6.08 Å². The number of aliphatic imine (C=N–C) groups is 1. The van der Waals surface area contributed by atoms with Crippen molar-refractivity contribution >= 4 is 12.1 Å². The zero-order valence-corrected chi connectivity index (χ0v) is 9.90. The lowest BCUT2D eigenvalue weighted by Gasteiger charge is -2.16. The first-order chi connectivity index (χ1) is 7.76. The monoisotopic (exact) mass is 224 g/mol. The van der Waals surface area contributed by atoms with Crippen LogP contribution in [0.5, 0.6) is 0 Å². The molecular formula is C11H20N4O. The van der Waals surface area contributed by atoms with Gasteiger partial charge in [0.1, 0.15) is 6.17 Å². The van der Waals surface area contributed by atoms with Gasteiger partial charge < -0.3 is 10.4 Å². The zero-order valence-electron chi connectivity index (χ0n) is 9.90. The Morgan fingerprint density at radius 2 is 2.19 bits per heavy atom. The first kappa shape index (κ1) is 12.5. The van der Waals surface area contributed by atoms with Crippen LogP contribution in [-0.4, -0.2) is 23.3 Å². The molecule has 0 aliphatic carbocycles. The second kappa shape index (κ2) is 6.87. The maximum atomic E-state index is 9.19. The number of hydrogen-bond acceptors (Lipinski definition) is 5. The van der Waals surface area contributed by atoms with Crippen molar-refractivity contribution in [1.82, 2.24) is 10.7 Å². The molecule has 0 amide bonds. The van der Waals surface area contributed by atoms with E-state index in [4.69, 9.17) is 0 Å². The Labute approximate surface area is 96.3 Å². The van der Waals surface area contributed by atoms with Gasteiger partial charge in [0.25, 0.3) is 0 Å². The highest BCUT2D eigenvalue weighted by Crippen LogP contribution is 2.01. The second-order valence-corrected chi connectivity index (χ2v) is 3.73. The molecule has 0 saturated carbocycles. The minimum Gasteiger partial charge on any atom is -0.493 e. The summed E-state index contributed by atoms with van der Waals surface area (Å²) in [5.74, 6) is 0.0129. The van der Waals surface area contributed by atoms with Gasteiger partial charge in [0, 0.05) is 11.8 Å². The Morgan fingerprint density at radius 1 is 1.50 bits per heavy atom. The summed E-state index contributed by atoms with van der Waals surface area (Å²) in [5, 5.41) is 16.5. The largest absolute Gasteiger partial charge is 0.493 e. The summed E-state index contributed by atoms with van der Waals surface area (Å²) in [6.45, 7) is 4.28. The average Bonchev–Trinajstić information content (AvgIpc) is 2.27. The van der Waals surface area contributed by atoms with Crippen LogP contribution in [0.25, 0.3) is 0 Å². The van der Waals surface area contributed by atoms with Gasteiger partial charge in [-0.1, -0.05) is 26.7 Å². The van der Waals surface area contributed by atoms with Crippen molar-refractivity contribution in [3.05, 3.63) is 12.0 Å². The molecule has 3 N–H and O–H groups in total. The quantitative estimate of drug-likeness (QED) is 0.476. The number of hydrogen-bond donors (Lipinski definition) is 3. The van der Waals surface area contributed by atoms with Crippen LogP contribution in [0.4, 0.5) is 0 Å². The maximum absolute atomic E-state index is 9.19. The number of aliphatic hydroxyl groups excluding tert-OH is 1. The van der Waals surface area contributed by atoms with Gasteiger partial charge in [-0.2, -0.15) is 5.10 Å². The Kier molecular flexibility index (Phi) is 5.39. The van der Waals surface area contributed by atoms with Gasteiger partial charge in [-0.15, -0.1) is 0 Å². The van der Waals surface area contributed by atoms with Gasteiger partial charge in [-0.3, -0.25) is 5.43 Å². The molecule has 5 heteroatoms. The Hall–Kier alpha value is -1.52. The molecule has 16 heavy (non-hydrogen) atoms. The van der Waals surface area contributed by atoms with Crippen molar-refractivity contribution < 1.29 is 5.11 Å². The zero-order chi connectivity index (χ0) is 11.8. The lowest BCUT2D eigenvalue weighted by Crippen LogP contribution is -2.39. The van der Waals surface area contributed by atoms with Crippen LogP contribution < -0.4 is 10.7 Å². The van der Waals surface area contributed by atoms with Crippen LogP contribution >= 0.6 is 0 Å². The topological polar surface area (TPSA) is 69.0 Å². The second-order valence-electron chi connectivity index (χ2n) is 3.73. The first-order valence-electron chi connectivity index (χ1n) is 5.76. The molecule has 0 bridgehead atoms. The van der Waals surface area contributed by atoms with Crippen LogP contribution in [0.2, 0.25) is 0 Å². The highest BCUT2D eigenvalue weighted by Gasteiger charge is 2.07. The van der Waals surface area contributed by atoms with E-state index in [0.29, 0.717) is 0 Å². The van der Waals surface area contributed by atoms with Crippen molar-refractivity contribution in [3.63, 3.8) is 0 Å². The van der Waals surface area contributed by atoms with E-state index in [0.717, 1.165) is 25.7 Å². The molecule has 1 rings (SSSR count). The lowest BCUT2D eigenvalue weighted by atomic mass is 10.1. The lowest BCUT2D eigenvalue weighted by molar-refractivity contribution is 0.391. The van der Waals surface area contributed by atoms with Crippen molar-refractivity contribution in [3.8, 4) is 0 Å². The van der Waals surface area contributed by atoms with Crippen LogP contribution in [0.3, 0.4) is 0 Å². The van der Waals surface area contributed by atoms with E-state index in [-0.39, 0.29) is 12.0 Å². The fourth-order valence-corrected chi connectivity index (χ4v) is 1.47. The molecular weight excluding hydrogens is 204 g/mol. The molecule has 0 aromatic carbocycles. The number of nitrogens with zero attached hydrogens (tertiary/aromatic N) is 2. The summed E-state index contributed by atoms with van der Waals surface area (Å²) >= 11 is 0. The van der Waals surface area contributed by atoms with E-state index in [9.17, 15) is 5.11 Å². The molecule has 0 fully saturated rings. The normalized spacial score (nSPS) is 18.6. The summed E-state index contributed by atoms with van der Waals surface area (Å²) in [6, 6.07) is 0. The van der Waals surface area contributed by atoms with Crippen LogP contribution in [0.15, 0.2) is 22.1 Å². The summed E-state index contributed by atoms with van der Waals surface area (Å²) in [6.07, 6.45) is 7.08. The van der Waals surface area contributed by atoms with E-state index in [2.05, 4.69) is 34.7 Å². The van der Waals surface area contributed by atoms with Crippen LogP contribution in [-0.2, 0) is 0 Å². The van der Waals surface area contributed by atoms with Crippen LogP contribution in [0.1, 0.15) is 39.5 Å². The molecule has 1 unspecified atom stereocenters. The van der Waals surface area contributed by atoms with E-state index < -0.39 is 0 Å². The van der Waals surface area contributed by atoms with Gasteiger partial charge in [-0.25, -0.2) is 4.99 Å². The van der Waals surface area contributed by atoms with Crippen LogP contribution in [0, 0.1) is 0 Å². The summed E-state index contributed by atoms with van der Waals surface area (Å²) < 4.78 is 0. The Bertz CT molecular complexity index is 288. The predicted octanol–water partition coefficient (Wildman–Crippen LogP) is 1.89. The molecule has 0 aromatic rings.